The molecular formula is C18H24O2. The summed E-state index contributed by atoms with van der Waals surface area (Å²) in [6.07, 6.45) is 5.02. The fourth-order valence-electron chi connectivity index (χ4n) is 1.46. The largest absolute Gasteiger partial charge is 0.491 e. The summed E-state index contributed by atoms with van der Waals surface area (Å²) in [5.41, 5.74) is 2.41. The lowest BCUT2D eigenvalue weighted by atomic mass is 10.2. The van der Waals surface area contributed by atoms with Crippen molar-refractivity contribution in [2.24, 2.45) is 0 Å². The van der Waals surface area contributed by atoms with Crippen LogP contribution in [0.3, 0.4) is 0 Å². The van der Waals surface area contributed by atoms with E-state index in [1.54, 1.807) is 6.08 Å². The number of allylic oxidation sites excluding steroid dienone is 3. The summed E-state index contributed by atoms with van der Waals surface area (Å²) in [5.74, 6) is 0.699. The lowest BCUT2D eigenvalue weighted by Gasteiger charge is -2.06. The van der Waals surface area contributed by atoms with Gasteiger partial charge in [0.05, 0.1) is 6.61 Å². The van der Waals surface area contributed by atoms with Crippen LogP contribution in [0.5, 0.6) is 0 Å². The van der Waals surface area contributed by atoms with E-state index >= 15 is 0 Å². The number of hydrogen-bond donors (Lipinski definition) is 0. The molecule has 1 aromatic rings. The highest BCUT2D eigenvalue weighted by atomic mass is 16.6. The van der Waals surface area contributed by atoms with Gasteiger partial charge in [-0.2, -0.15) is 0 Å². The zero-order valence-corrected chi connectivity index (χ0v) is 12.5. The van der Waals surface area contributed by atoms with Crippen molar-refractivity contribution in [2.45, 2.75) is 26.4 Å². The standard InChI is InChI=1S/C10H14O2.C8H10/c1-4-5-8(2)9(3)11-6-10-7-12-10;1-2-8-6-4-3-5-7-8/h4-5,10H,1,3,6-7H2,2H3;3-7H,2H2,1H3/b8-5-;. The SMILES string of the molecule is C=C/C=C(/C)C(=C)OCC1CO1.CCc1ccccc1. The normalized spacial score (nSPS) is 16.7. The van der Waals surface area contributed by atoms with Crippen LogP contribution in [-0.2, 0) is 15.9 Å². The van der Waals surface area contributed by atoms with Crippen molar-refractivity contribution in [3.63, 3.8) is 0 Å². The van der Waals surface area contributed by atoms with E-state index in [-0.39, 0.29) is 0 Å². The van der Waals surface area contributed by atoms with Gasteiger partial charge < -0.3 is 9.47 Å². The molecule has 1 aliphatic heterocycles. The van der Waals surface area contributed by atoms with Crippen LogP contribution < -0.4 is 0 Å². The zero-order valence-electron chi connectivity index (χ0n) is 12.5. The molecule has 1 atom stereocenters. The first-order chi connectivity index (χ1) is 9.67. The Labute approximate surface area is 122 Å². The molecule has 1 fully saturated rings. The molecule has 0 radical (unpaired) electrons. The molecule has 1 aliphatic rings. The van der Waals surface area contributed by atoms with Gasteiger partial charge in [0, 0.05) is 0 Å². The number of ether oxygens (including phenoxy) is 2. The molecule has 2 rings (SSSR count). The van der Waals surface area contributed by atoms with Crippen LogP contribution in [0.2, 0.25) is 0 Å². The van der Waals surface area contributed by atoms with Crippen LogP contribution in [0.1, 0.15) is 19.4 Å². The monoisotopic (exact) mass is 272 g/mol. The maximum atomic E-state index is 5.34. The average molecular weight is 272 g/mol. The van der Waals surface area contributed by atoms with Crippen molar-refractivity contribution < 1.29 is 9.47 Å². The molecule has 0 aliphatic carbocycles. The number of rotatable bonds is 6. The third-order valence-electron chi connectivity index (χ3n) is 2.90. The van der Waals surface area contributed by atoms with E-state index in [0.29, 0.717) is 18.5 Å². The predicted molar refractivity (Wildman–Crippen MR) is 84.6 cm³/mol. The van der Waals surface area contributed by atoms with Crippen LogP contribution >= 0.6 is 0 Å². The second kappa shape index (κ2) is 9.16. The van der Waals surface area contributed by atoms with Crippen molar-refractivity contribution in [1.29, 1.82) is 0 Å². The minimum atomic E-state index is 0.290. The second-order valence-corrected chi connectivity index (χ2v) is 4.61. The summed E-state index contributed by atoms with van der Waals surface area (Å²) in [4.78, 5) is 0. The molecule has 2 nitrogen and oxygen atoms in total. The Hall–Kier alpha value is -1.80. The molecule has 0 bridgehead atoms. The third kappa shape index (κ3) is 6.95. The fraction of sp³-hybridized carbons (Fsp3) is 0.333. The van der Waals surface area contributed by atoms with Crippen molar-refractivity contribution in [3.8, 4) is 0 Å². The molecule has 1 heterocycles. The highest BCUT2D eigenvalue weighted by molar-refractivity contribution is 5.24. The van der Waals surface area contributed by atoms with Crippen molar-refractivity contribution >= 4 is 0 Å². The van der Waals surface area contributed by atoms with E-state index in [0.717, 1.165) is 18.6 Å². The van der Waals surface area contributed by atoms with Gasteiger partial charge in [-0.1, -0.05) is 62.6 Å². The molecule has 0 aromatic heterocycles. The summed E-state index contributed by atoms with van der Waals surface area (Å²) < 4.78 is 10.3. The van der Waals surface area contributed by atoms with Crippen LogP contribution in [0.15, 0.2) is 67.0 Å². The van der Waals surface area contributed by atoms with Gasteiger partial charge in [-0.25, -0.2) is 0 Å². The quantitative estimate of drug-likeness (QED) is 0.437. The molecular weight excluding hydrogens is 248 g/mol. The van der Waals surface area contributed by atoms with E-state index in [4.69, 9.17) is 9.47 Å². The summed E-state index contributed by atoms with van der Waals surface area (Å²) in [5, 5.41) is 0. The van der Waals surface area contributed by atoms with Crippen molar-refractivity contribution in [2.75, 3.05) is 13.2 Å². The minimum Gasteiger partial charge on any atom is -0.491 e. The van der Waals surface area contributed by atoms with Gasteiger partial charge >= 0.3 is 0 Å². The first-order valence-electron chi connectivity index (χ1n) is 6.94. The lowest BCUT2D eigenvalue weighted by Crippen LogP contribution is -2.01. The Morgan fingerprint density at radius 3 is 2.50 bits per heavy atom. The Kier molecular flexibility index (Phi) is 7.44. The second-order valence-electron chi connectivity index (χ2n) is 4.61. The van der Waals surface area contributed by atoms with Gasteiger partial charge in [0.2, 0.25) is 0 Å². The average Bonchev–Trinajstić information content (AvgIpc) is 3.30. The van der Waals surface area contributed by atoms with Crippen LogP contribution in [0, 0.1) is 0 Å². The number of hydrogen-bond acceptors (Lipinski definition) is 2. The van der Waals surface area contributed by atoms with E-state index in [1.807, 2.05) is 19.1 Å². The Bertz CT molecular complexity index is 442. The summed E-state index contributed by atoms with van der Waals surface area (Å²) in [6, 6.07) is 10.5. The molecule has 0 spiro atoms. The predicted octanol–water partition coefficient (Wildman–Crippen LogP) is 4.30. The van der Waals surface area contributed by atoms with Gasteiger partial charge in [-0.3, -0.25) is 0 Å². The third-order valence-corrected chi connectivity index (χ3v) is 2.90. The first kappa shape index (κ1) is 16.3. The van der Waals surface area contributed by atoms with Gasteiger partial charge in [0.1, 0.15) is 18.5 Å². The maximum absolute atomic E-state index is 5.34. The Morgan fingerprint density at radius 1 is 1.40 bits per heavy atom. The maximum Gasteiger partial charge on any atom is 0.117 e. The number of epoxide rings is 1. The topological polar surface area (TPSA) is 21.8 Å². The molecule has 1 unspecified atom stereocenters. The molecule has 1 aromatic carbocycles. The van der Waals surface area contributed by atoms with Gasteiger partial charge in [0.25, 0.3) is 0 Å². The molecule has 0 amide bonds. The molecule has 108 valence electrons. The smallest absolute Gasteiger partial charge is 0.117 e. The van der Waals surface area contributed by atoms with E-state index in [9.17, 15) is 0 Å². The Morgan fingerprint density at radius 2 is 2.05 bits per heavy atom. The highest BCUT2D eigenvalue weighted by Gasteiger charge is 2.23. The van der Waals surface area contributed by atoms with E-state index < -0.39 is 0 Å². The van der Waals surface area contributed by atoms with Gasteiger partial charge in [-0.05, 0) is 24.5 Å². The van der Waals surface area contributed by atoms with Crippen LogP contribution in [-0.4, -0.2) is 19.3 Å². The van der Waals surface area contributed by atoms with Crippen LogP contribution in [0.4, 0.5) is 0 Å². The van der Waals surface area contributed by atoms with Crippen molar-refractivity contribution in [3.05, 3.63) is 72.5 Å². The number of aryl methyl sites for hydroxylation is 1. The molecule has 20 heavy (non-hydrogen) atoms. The fourth-order valence-corrected chi connectivity index (χ4v) is 1.46. The van der Waals surface area contributed by atoms with E-state index in [1.165, 1.54) is 5.56 Å². The van der Waals surface area contributed by atoms with Crippen LogP contribution in [0.25, 0.3) is 0 Å². The lowest BCUT2D eigenvalue weighted by molar-refractivity contribution is 0.190. The summed E-state index contributed by atoms with van der Waals surface area (Å²) in [6.45, 7) is 12.9. The van der Waals surface area contributed by atoms with E-state index in [2.05, 4.69) is 44.3 Å². The summed E-state index contributed by atoms with van der Waals surface area (Å²) >= 11 is 0. The Balaban J connectivity index is 0.000000217. The highest BCUT2D eigenvalue weighted by Crippen LogP contribution is 2.14. The molecule has 0 N–H and O–H groups in total. The minimum absolute atomic E-state index is 0.290. The molecule has 1 saturated heterocycles. The van der Waals surface area contributed by atoms with Gasteiger partial charge in [0.15, 0.2) is 0 Å². The summed E-state index contributed by atoms with van der Waals surface area (Å²) in [7, 11) is 0. The number of benzene rings is 1. The molecule has 2 heteroatoms. The van der Waals surface area contributed by atoms with Crippen molar-refractivity contribution in [1.82, 2.24) is 0 Å². The zero-order chi connectivity index (χ0) is 14.8. The molecule has 0 saturated carbocycles. The van der Waals surface area contributed by atoms with Gasteiger partial charge in [-0.15, -0.1) is 0 Å². The first-order valence-corrected chi connectivity index (χ1v) is 6.94.